The van der Waals surface area contributed by atoms with E-state index in [2.05, 4.69) is 32.7 Å². The van der Waals surface area contributed by atoms with E-state index in [0.29, 0.717) is 17.5 Å². The van der Waals surface area contributed by atoms with Crippen molar-refractivity contribution in [3.63, 3.8) is 0 Å². The summed E-state index contributed by atoms with van der Waals surface area (Å²) in [6.07, 6.45) is 0.701. The lowest BCUT2D eigenvalue weighted by Gasteiger charge is -1.92. The number of benzene rings is 1. The maximum atomic E-state index is 5.68. The van der Waals surface area contributed by atoms with Crippen LogP contribution in [0.25, 0.3) is 10.2 Å². The van der Waals surface area contributed by atoms with E-state index in [1.807, 2.05) is 24.3 Å². The Morgan fingerprint density at radius 2 is 2.05 bits per heavy atom. The molecule has 22 heavy (non-hydrogen) atoms. The van der Waals surface area contributed by atoms with E-state index in [-0.39, 0.29) is 0 Å². The van der Waals surface area contributed by atoms with Crippen LogP contribution in [0.2, 0.25) is 0 Å². The highest BCUT2D eigenvalue weighted by Crippen LogP contribution is 2.28. The smallest absolute Gasteiger partial charge is 0.276 e. The van der Waals surface area contributed by atoms with Gasteiger partial charge < -0.3 is 4.42 Å². The Bertz CT molecular complexity index is 849. The lowest BCUT2D eigenvalue weighted by molar-refractivity contribution is 0.421. The van der Waals surface area contributed by atoms with E-state index in [1.165, 1.54) is 21.3 Å². The minimum Gasteiger partial charge on any atom is -0.416 e. The van der Waals surface area contributed by atoms with E-state index in [9.17, 15) is 0 Å². The Morgan fingerprint density at radius 3 is 2.91 bits per heavy atom. The highest BCUT2D eigenvalue weighted by Gasteiger charge is 2.10. The van der Waals surface area contributed by atoms with E-state index < -0.39 is 0 Å². The molecule has 0 bridgehead atoms. The molecule has 0 aliphatic heterocycles. The SMILES string of the molecule is c1csc(Cc2nnc(SCc3nc4ccccc4s3)o2)c1. The topological polar surface area (TPSA) is 51.8 Å². The van der Waals surface area contributed by atoms with Crippen molar-refractivity contribution < 1.29 is 4.42 Å². The van der Waals surface area contributed by atoms with Gasteiger partial charge in [0, 0.05) is 4.88 Å². The average Bonchev–Trinajstić information content (AvgIpc) is 3.26. The number of fused-ring (bicyclic) bond motifs is 1. The van der Waals surface area contributed by atoms with Gasteiger partial charge in [0.1, 0.15) is 5.01 Å². The van der Waals surface area contributed by atoms with Crippen molar-refractivity contribution >= 4 is 44.7 Å². The van der Waals surface area contributed by atoms with Crippen molar-refractivity contribution in [3.8, 4) is 0 Å². The third-order valence-electron chi connectivity index (χ3n) is 3.01. The molecule has 0 amide bonds. The fourth-order valence-corrected chi connectivity index (χ4v) is 4.47. The molecule has 4 aromatic rings. The van der Waals surface area contributed by atoms with Crippen LogP contribution in [0.4, 0.5) is 0 Å². The first-order valence-corrected chi connectivity index (χ1v) is 9.37. The quantitative estimate of drug-likeness (QED) is 0.494. The first-order chi connectivity index (χ1) is 10.9. The predicted octanol–water partition coefficient (Wildman–Crippen LogP) is 4.62. The van der Waals surface area contributed by atoms with E-state index in [4.69, 9.17) is 4.42 Å². The summed E-state index contributed by atoms with van der Waals surface area (Å²) in [7, 11) is 0. The third kappa shape index (κ3) is 3.06. The molecule has 0 saturated carbocycles. The molecular formula is C15H11N3OS3. The van der Waals surface area contributed by atoms with Gasteiger partial charge >= 0.3 is 0 Å². The van der Waals surface area contributed by atoms with Gasteiger partial charge in [-0.1, -0.05) is 30.0 Å². The number of thiazole rings is 1. The second-order valence-corrected chi connectivity index (χ2v) is 7.66. The molecule has 7 heteroatoms. The van der Waals surface area contributed by atoms with Crippen LogP contribution in [-0.2, 0) is 12.2 Å². The van der Waals surface area contributed by atoms with Crippen LogP contribution in [0.3, 0.4) is 0 Å². The van der Waals surface area contributed by atoms with Crippen molar-refractivity contribution in [2.75, 3.05) is 0 Å². The van der Waals surface area contributed by atoms with E-state index >= 15 is 0 Å². The minimum absolute atomic E-state index is 0.603. The van der Waals surface area contributed by atoms with Gasteiger partial charge in [-0.15, -0.1) is 32.9 Å². The molecule has 4 nitrogen and oxygen atoms in total. The highest BCUT2D eigenvalue weighted by atomic mass is 32.2. The molecule has 0 aliphatic rings. The number of hydrogen-bond acceptors (Lipinski definition) is 7. The molecule has 0 fully saturated rings. The summed E-state index contributed by atoms with van der Waals surface area (Å²) in [4.78, 5) is 5.83. The number of para-hydroxylation sites is 1. The summed E-state index contributed by atoms with van der Waals surface area (Å²) in [5.74, 6) is 1.41. The average molecular weight is 345 g/mol. The Labute approximate surface area is 139 Å². The first-order valence-electron chi connectivity index (χ1n) is 6.69. The number of rotatable bonds is 5. The molecule has 0 N–H and O–H groups in total. The van der Waals surface area contributed by atoms with Gasteiger partial charge in [0.15, 0.2) is 0 Å². The largest absolute Gasteiger partial charge is 0.416 e. The molecule has 110 valence electrons. The molecule has 3 heterocycles. The molecule has 0 spiro atoms. The zero-order valence-corrected chi connectivity index (χ0v) is 13.9. The number of aromatic nitrogens is 3. The summed E-state index contributed by atoms with van der Waals surface area (Å²) in [6.45, 7) is 0. The van der Waals surface area contributed by atoms with Crippen LogP contribution < -0.4 is 0 Å². The Morgan fingerprint density at radius 1 is 1.09 bits per heavy atom. The van der Waals surface area contributed by atoms with Crippen molar-refractivity contribution in [1.29, 1.82) is 0 Å². The maximum Gasteiger partial charge on any atom is 0.276 e. The predicted molar refractivity (Wildman–Crippen MR) is 90.6 cm³/mol. The summed E-state index contributed by atoms with van der Waals surface area (Å²) in [5.41, 5.74) is 1.05. The van der Waals surface area contributed by atoms with Crippen LogP contribution in [0, 0.1) is 0 Å². The standard InChI is InChI=1S/C15H11N3OS3/c1-2-6-12-11(5-1)16-14(22-12)9-21-15-18-17-13(19-15)8-10-4-3-7-20-10/h1-7H,8-9H2. The fourth-order valence-electron chi connectivity index (χ4n) is 2.04. The summed E-state index contributed by atoms with van der Waals surface area (Å²) in [6, 6.07) is 12.3. The number of nitrogens with zero attached hydrogens (tertiary/aromatic N) is 3. The zero-order valence-electron chi connectivity index (χ0n) is 11.4. The molecule has 0 atom stereocenters. The Hall–Kier alpha value is -1.70. The van der Waals surface area contributed by atoms with Gasteiger partial charge in [-0.05, 0) is 23.6 Å². The molecule has 0 saturated heterocycles. The van der Waals surface area contributed by atoms with Crippen LogP contribution in [-0.4, -0.2) is 15.2 Å². The summed E-state index contributed by atoms with van der Waals surface area (Å²) < 4.78 is 6.89. The van der Waals surface area contributed by atoms with Gasteiger partial charge in [0.25, 0.3) is 5.22 Å². The van der Waals surface area contributed by atoms with E-state index in [1.54, 1.807) is 22.7 Å². The second-order valence-electron chi connectivity index (χ2n) is 4.58. The van der Waals surface area contributed by atoms with Crippen LogP contribution in [0.15, 0.2) is 51.4 Å². The van der Waals surface area contributed by atoms with Crippen molar-refractivity contribution in [3.05, 3.63) is 57.6 Å². The van der Waals surface area contributed by atoms with Crippen LogP contribution >= 0.6 is 34.4 Å². The molecule has 0 radical (unpaired) electrons. The van der Waals surface area contributed by atoms with Gasteiger partial charge in [-0.2, -0.15) is 0 Å². The Balaban J connectivity index is 1.42. The summed E-state index contributed by atoms with van der Waals surface area (Å²) >= 11 is 4.94. The van der Waals surface area contributed by atoms with Gasteiger partial charge in [0.2, 0.25) is 5.89 Å². The maximum absolute atomic E-state index is 5.68. The fraction of sp³-hybridized carbons (Fsp3) is 0.133. The Kier molecular flexibility index (Phi) is 3.92. The lowest BCUT2D eigenvalue weighted by Crippen LogP contribution is -1.83. The minimum atomic E-state index is 0.603. The van der Waals surface area contributed by atoms with Gasteiger partial charge in [0.05, 0.1) is 22.4 Å². The molecule has 0 aliphatic carbocycles. The first kappa shape index (κ1) is 13.9. The van der Waals surface area contributed by atoms with E-state index in [0.717, 1.165) is 16.3 Å². The van der Waals surface area contributed by atoms with Gasteiger partial charge in [-0.25, -0.2) is 4.98 Å². The van der Waals surface area contributed by atoms with Crippen molar-refractivity contribution in [1.82, 2.24) is 15.2 Å². The van der Waals surface area contributed by atoms with Gasteiger partial charge in [-0.3, -0.25) is 0 Å². The van der Waals surface area contributed by atoms with Crippen molar-refractivity contribution in [2.24, 2.45) is 0 Å². The zero-order chi connectivity index (χ0) is 14.8. The van der Waals surface area contributed by atoms with Crippen LogP contribution in [0.5, 0.6) is 0 Å². The normalized spacial score (nSPS) is 11.3. The molecule has 0 unspecified atom stereocenters. The second kappa shape index (κ2) is 6.20. The lowest BCUT2D eigenvalue weighted by atomic mass is 10.3. The summed E-state index contributed by atoms with van der Waals surface area (Å²) in [5, 5.41) is 11.9. The third-order valence-corrected chi connectivity index (χ3v) is 5.94. The molecular weight excluding hydrogens is 334 g/mol. The number of thioether (sulfide) groups is 1. The number of thiophene rings is 1. The highest BCUT2D eigenvalue weighted by molar-refractivity contribution is 7.98. The molecule has 3 aromatic heterocycles. The monoisotopic (exact) mass is 345 g/mol. The molecule has 4 rings (SSSR count). The van der Waals surface area contributed by atoms with Crippen LogP contribution in [0.1, 0.15) is 15.8 Å². The van der Waals surface area contributed by atoms with Crippen molar-refractivity contribution in [2.45, 2.75) is 17.4 Å². The molecule has 1 aromatic carbocycles. The number of hydrogen-bond donors (Lipinski definition) is 0.